The molecule has 0 bridgehead atoms. The van der Waals surface area contributed by atoms with Crippen LogP contribution in [0.2, 0.25) is 0 Å². The van der Waals surface area contributed by atoms with Crippen molar-refractivity contribution in [2.45, 2.75) is 51.4 Å². The highest BCUT2D eigenvalue weighted by molar-refractivity contribution is 7.93. The number of hydrogen-bond donors (Lipinski definition) is 1. The number of carbonyl (C=O) groups excluding carboxylic acids is 2. The number of benzene rings is 1. The van der Waals surface area contributed by atoms with Gasteiger partial charge in [-0.05, 0) is 37.5 Å². The Kier molecular flexibility index (Phi) is 6.99. The molecule has 0 amide bonds. The van der Waals surface area contributed by atoms with E-state index in [9.17, 15) is 26.8 Å². The monoisotopic (exact) mass is 431 g/mol. The minimum atomic E-state index is -4.21. The molecule has 1 aromatic carbocycles. The molecular formula is C19H23F2NO6S. The lowest BCUT2D eigenvalue weighted by molar-refractivity contribution is -0.165. The maximum atomic E-state index is 13.9. The van der Waals surface area contributed by atoms with Crippen molar-refractivity contribution in [1.29, 1.82) is 0 Å². The van der Waals surface area contributed by atoms with Gasteiger partial charge in [0.1, 0.15) is 22.6 Å². The minimum absolute atomic E-state index is 0.125. The molecule has 2 unspecified atom stereocenters. The van der Waals surface area contributed by atoms with E-state index < -0.39 is 50.1 Å². The van der Waals surface area contributed by atoms with Crippen LogP contribution in [-0.2, 0) is 29.1 Å². The number of rotatable bonds is 7. The van der Waals surface area contributed by atoms with Gasteiger partial charge in [0.15, 0.2) is 0 Å². The minimum Gasteiger partial charge on any atom is -0.452 e. The molecule has 0 spiro atoms. The van der Waals surface area contributed by atoms with E-state index >= 15 is 0 Å². The molecule has 0 aromatic heterocycles. The van der Waals surface area contributed by atoms with E-state index in [0.29, 0.717) is 18.9 Å². The number of nitrogens with one attached hydrogen (secondary N) is 1. The maximum absolute atomic E-state index is 13.9. The molecule has 0 saturated heterocycles. The van der Waals surface area contributed by atoms with Crippen LogP contribution >= 0.6 is 0 Å². The number of carbonyl (C=O) groups is 2. The standard InChI is InChI=1S/C19H23F2NO6S/c1-19(2,3)17(27-11-23)18(24)28-15-6-4-5-7-16(15)29(25,26)22-14-9-8-12(20)10-13(14)21/h6,8-11,16-17,22H,4-5,7H2,1-3H3. The smallest absolute Gasteiger partial charge is 0.353 e. The average molecular weight is 431 g/mol. The van der Waals surface area contributed by atoms with Crippen LogP contribution in [0.1, 0.15) is 40.0 Å². The van der Waals surface area contributed by atoms with Crippen LogP contribution in [0.5, 0.6) is 0 Å². The van der Waals surface area contributed by atoms with Crippen LogP contribution in [0.4, 0.5) is 14.5 Å². The van der Waals surface area contributed by atoms with Gasteiger partial charge in [-0.3, -0.25) is 9.52 Å². The first-order valence-corrected chi connectivity index (χ1v) is 10.5. The zero-order valence-corrected chi connectivity index (χ0v) is 17.1. The van der Waals surface area contributed by atoms with Crippen LogP contribution < -0.4 is 4.72 Å². The summed E-state index contributed by atoms with van der Waals surface area (Å²) in [7, 11) is -4.21. The molecule has 0 radical (unpaired) electrons. The van der Waals surface area contributed by atoms with Crippen molar-refractivity contribution in [3.63, 3.8) is 0 Å². The van der Waals surface area contributed by atoms with Gasteiger partial charge in [0.25, 0.3) is 6.47 Å². The Morgan fingerprint density at radius 3 is 2.59 bits per heavy atom. The second kappa shape index (κ2) is 8.89. The predicted molar refractivity (Wildman–Crippen MR) is 101 cm³/mol. The quantitative estimate of drug-likeness (QED) is 0.526. The van der Waals surface area contributed by atoms with E-state index in [1.807, 2.05) is 0 Å². The zero-order valence-electron chi connectivity index (χ0n) is 16.3. The van der Waals surface area contributed by atoms with E-state index in [1.165, 1.54) is 6.08 Å². The summed E-state index contributed by atoms with van der Waals surface area (Å²) < 4.78 is 64.7. The molecule has 7 nitrogen and oxygen atoms in total. The van der Waals surface area contributed by atoms with Crippen molar-refractivity contribution in [1.82, 2.24) is 0 Å². The predicted octanol–water partition coefficient (Wildman–Crippen LogP) is 3.27. The van der Waals surface area contributed by atoms with Crippen molar-refractivity contribution >= 4 is 28.2 Å². The van der Waals surface area contributed by atoms with Gasteiger partial charge in [-0.1, -0.05) is 20.8 Å². The number of sulfonamides is 1. The topological polar surface area (TPSA) is 98.8 Å². The van der Waals surface area contributed by atoms with Gasteiger partial charge in [0.05, 0.1) is 5.69 Å². The number of ether oxygens (including phenoxy) is 2. The summed E-state index contributed by atoms with van der Waals surface area (Å²) >= 11 is 0. The fourth-order valence-electron chi connectivity index (χ4n) is 2.87. The summed E-state index contributed by atoms with van der Waals surface area (Å²) in [6.07, 6.45) is 1.34. The Labute approximate surface area is 168 Å². The van der Waals surface area contributed by atoms with Crippen LogP contribution in [0.3, 0.4) is 0 Å². The highest BCUT2D eigenvalue weighted by Crippen LogP contribution is 2.30. The van der Waals surface area contributed by atoms with Crippen LogP contribution in [0.25, 0.3) is 0 Å². The van der Waals surface area contributed by atoms with Crippen molar-refractivity contribution in [2.24, 2.45) is 5.41 Å². The van der Waals surface area contributed by atoms with E-state index in [-0.39, 0.29) is 18.7 Å². The van der Waals surface area contributed by atoms with Crippen molar-refractivity contribution in [3.05, 3.63) is 41.7 Å². The first kappa shape index (κ1) is 22.8. The molecule has 29 heavy (non-hydrogen) atoms. The van der Waals surface area contributed by atoms with Crippen LogP contribution in [0.15, 0.2) is 30.0 Å². The lowest BCUT2D eigenvalue weighted by Gasteiger charge is -2.29. The van der Waals surface area contributed by atoms with Gasteiger partial charge in [0.2, 0.25) is 16.1 Å². The summed E-state index contributed by atoms with van der Waals surface area (Å²) in [6, 6.07) is 2.44. The Hall–Kier alpha value is -2.49. The fourth-order valence-corrected chi connectivity index (χ4v) is 4.41. The molecule has 2 atom stereocenters. The molecule has 1 N–H and O–H groups in total. The van der Waals surface area contributed by atoms with Gasteiger partial charge in [-0.2, -0.15) is 0 Å². The highest BCUT2D eigenvalue weighted by atomic mass is 32.2. The first-order chi connectivity index (χ1) is 13.5. The number of halogens is 2. The SMILES string of the molecule is CC(C)(C)C(OC=O)C(=O)OC1=CCCCC1S(=O)(=O)Nc1ccc(F)cc1F. The van der Waals surface area contributed by atoms with E-state index in [4.69, 9.17) is 9.47 Å². The molecule has 10 heteroatoms. The summed E-state index contributed by atoms with van der Waals surface area (Å²) in [6.45, 7) is 5.10. The van der Waals surface area contributed by atoms with Gasteiger partial charge in [0, 0.05) is 11.5 Å². The summed E-state index contributed by atoms with van der Waals surface area (Å²) in [4.78, 5) is 23.2. The largest absolute Gasteiger partial charge is 0.452 e. The third-order valence-corrected chi connectivity index (χ3v) is 6.02. The molecule has 1 aromatic rings. The molecule has 0 heterocycles. The zero-order chi connectivity index (χ0) is 21.8. The molecular weight excluding hydrogens is 408 g/mol. The number of hydrogen-bond acceptors (Lipinski definition) is 6. The van der Waals surface area contributed by atoms with E-state index in [1.54, 1.807) is 20.8 Å². The van der Waals surface area contributed by atoms with Crippen molar-refractivity contribution in [2.75, 3.05) is 4.72 Å². The average Bonchev–Trinajstić information content (AvgIpc) is 2.61. The normalized spacial score (nSPS) is 18.4. The summed E-state index contributed by atoms with van der Waals surface area (Å²) in [5.74, 6) is -2.95. The Bertz CT molecular complexity index is 908. The molecule has 0 fully saturated rings. The summed E-state index contributed by atoms with van der Waals surface area (Å²) in [5, 5.41) is -1.26. The Morgan fingerprint density at radius 1 is 1.31 bits per heavy atom. The molecule has 1 aliphatic carbocycles. The molecule has 0 aliphatic heterocycles. The molecule has 160 valence electrons. The Morgan fingerprint density at radius 2 is 2.00 bits per heavy atom. The van der Waals surface area contributed by atoms with Crippen molar-refractivity contribution in [3.8, 4) is 0 Å². The number of anilines is 1. The van der Waals surface area contributed by atoms with Gasteiger partial charge in [-0.25, -0.2) is 22.0 Å². The van der Waals surface area contributed by atoms with Gasteiger partial charge in [-0.15, -0.1) is 0 Å². The van der Waals surface area contributed by atoms with Crippen LogP contribution in [0, 0.1) is 17.0 Å². The number of allylic oxidation sites excluding steroid dienone is 1. The highest BCUT2D eigenvalue weighted by Gasteiger charge is 2.39. The Balaban J connectivity index is 2.25. The second-order valence-electron chi connectivity index (χ2n) is 7.70. The third-order valence-electron chi connectivity index (χ3n) is 4.30. The van der Waals surface area contributed by atoms with Crippen molar-refractivity contribution < 1.29 is 36.3 Å². The molecule has 2 rings (SSSR count). The van der Waals surface area contributed by atoms with Gasteiger partial charge < -0.3 is 9.47 Å². The molecule has 0 saturated carbocycles. The lowest BCUT2D eigenvalue weighted by Crippen LogP contribution is -2.40. The van der Waals surface area contributed by atoms with Gasteiger partial charge >= 0.3 is 5.97 Å². The lowest BCUT2D eigenvalue weighted by atomic mass is 9.89. The van der Waals surface area contributed by atoms with E-state index in [0.717, 1.165) is 12.1 Å². The first-order valence-electron chi connectivity index (χ1n) is 8.93. The molecule has 1 aliphatic rings. The second-order valence-corrected chi connectivity index (χ2v) is 9.56. The summed E-state index contributed by atoms with van der Waals surface area (Å²) in [5.41, 5.74) is -1.20. The van der Waals surface area contributed by atoms with E-state index in [2.05, 4.69) is 4.72 Å². The third kappa shape index (κ3) is 5.75. The number of esters is 1. The maximum Gasteiger partial charge on any atom is 0.353 e. The van der Waals surface area contributed by atoms with Crippen LogP contribution in [-0.4, -0.2) is 32.2 Å². The fraction of sp³-hybridized carbons (Fsp3) is 0.474.